The van der Waals surface area contributed by atoms with Crippen molar-refractivity contribution in [2.75, 3.05) is 26.3 Å². The van der Waals surface area contributed by atoms with Crippen LogP contribution in [0.5, 0.6) is 0 Å². The van der Waals surface area contributed by atoms with Gasteiger partial charge in [0.05, 0.1) is 13.2 Å². The molecule has 1 rings (SSSR count). The van der Waals surface area contributed by atoms with Gasteiger partial charge in [-0.15, -0.1) is 0 Å². The third-order valence-electron chi connectivity index (χ3n) is 2.10. The fraction of sp³-hybridized carbons (Fsp3) is 0.800. The molecule has 0 heterocycles. The van der Waals surface area contributed by atoms with E-state index in [1.54, 1.807) is 0 Å². The number of likely N-dealkylation sites (N-methyl/N-ethyl adjacent to an activating group) is 1. The lowest BCUT2D eigenvalue weighted by atomic mass is 10.5. The number of nitrogens with one attached hydrogen (secondary N) is 2. The van der Waals surface area contributed by atoms with Crippen LogP contribution in [0.15, 0.2) is 0 Å². The van der Waals surface area contributed by atoms with Crippen molar-refractivity contribution < 1.29 is 14.3 Å². The van der Waals surface area contributed by atoms with Crippen LogP contribution in [-0.4, -0.2) is 38.1 Å². The van der Waals surface area contributed by atoms with E-state index in [2.05, 4.69) is 10.6 Å². The number of ether oxygens (including phenoxy) is 1. The van der Waals surface area contributed by atoms with E-state index in [-0.39, 0.29) is 25.0 Å². The van der Waals surface area contributed by atoms with Crippen LogP contribution >= 0.6 is 0 Å². The third kappa shape index (κ3) is 6.06. The molecule has 1 saturated carbocycles. The minimum absolute atomic E-state index is 0.0272. The fourth-order valence-corrected chi connectivity index (χ4v) is 1.09. The molecule has 2 amide bonds. The van der Waals surface area contributed by atoms with Crippen molar-refractivity contribution in [3.8, 4) is 0 Å². The summed E-state index contributed by atoms with van der Waals surface area (Å²) in [6, 6.07) is 0. The van der Waals surface area contributed by atoms with E-state index in [0.29, 0.717) is 19.1 Å². The highest BCUT2D eigenvalue weighted by Gasteiger charge is 2.21. The predicted molar refractivity (Wildman–Crippen MR) is 55.2 cm³/mol. The van der Waals surface area contributed by atoms with Gasteiger partial charge in [0.15, 0.2) is 0 Å². The van der Waals surface area contributed by atoms with Gasteiger partial charge in [0, 0.05) is 6.54 Å². The number of hydrogen-bond acceptors (Lipinski definition) is 3. The molecule has 0 aromatic rings. The van der Waals surface area contributed by atoms with Crippen LogP contribution in [-0.2, 0) is 14.3 Å². The van der Waals surface area contributed by atoms with E-state index < -0.39 is 0 Å². The smallest absolute Gasteiger partial charge is 0.246 e. The van der Waals surface area contributed by atoms with Gasteiger partial charge in [0.2, 0.25) is 11.8 Å². The quantitative estimate of drug-likeness (QED) is 0.609. The SMILES string of the molecule is CCNC(=O)CNC(=O)COCC1CC1. The molecular formula is C10H18N2O3. The highest BCUT2D eigenvalue weighted by molar-refractivity contribution is 5.85. The zero-order valence-corrected chi connectivity index (χ0v) is 9.04. The molecule has 15 heavy (non-hydrogen) atoms. The molecule has 0 saturated heterocycles. The average molecular weight is 214 g/mol. The van der Waals surface area contributed by atoms with Gasteiger partial charge < -0.3 is 15.4 Å². The monoisotopic (exact) mass is 214 g/mol. The van der Waals surface area contributed by atoms with Gasteiger partial charge in [-0.05, 0) is 25.7 Å². The molecule has 1 aliphatic carbocycles. The summed E-state index contributed by atoms with van der Waals surface area (Å²) in [5, 5.41) is 5.08. The Morgan fingerprint density at radius 2 is 2.00 bits per heavy atom. The third-order valence-corrected chi connectivity index (χ3v) is 2.10. The number of rotatable bonds is 7. The number of carbonyl (C=O) groups excluding carboxylic acids is 2. The fourth-order valence-electron chi connectivity index (χ4n) is 1.09. The molecule has 0 unspecified atom stereocenters. The van der Waals surface area contributed by atoms with E-state index in [1.165, 1.54) is 12.8 Å². The summed E-state index contributed by atoms with van der Waals surface area (Å²) in [6.45, 7) is 3.15. The van der Waals surface area contributed by atoms with Crippen molar-refractivity contribution in [2.45, 2.75) is 19.8 Å². The maximum absolute atomic E-state index is 11.1. The lowest BCUT2D eigenvalue weighted by Gasteiger charge is -2.05. The molecule has 86 valence electrons. The van der Waals surface area contributed by atoms with E-state index >= 15 is 0 Å². The Hall–Kier alpha value is -1.10. The van der Waals surface area contributed by atoms with Crippen molar-refractivity contribution in [3.05, 3.63) is 0 Å². The van der Waals surface area contributed by atoms with Crippen LogP contribution in [0.4, 0.5) is 0 Å². The minimum Gasteiger partial charge on any atom is -0.371 e. The van der Waals surface area contributed by atoms with Gasteiger partial charge in [0.25, 0.3) is 0 Å². The Balaban J connectivity index is 1.94. The maximum atomic E-state index is 11.1. The normalized spacial score (nSPS) is 14.7. The molecule has 2 N–H and O–H groups in total. The minimum atomic E-state index is -0.234. The highest BCUT2D eigenvalue weighted by Crippen LogP contribution is 2.28. The number of amides is 2. The molecule has 0 atom stereocenters. The van der Waals surface area contributed by atoms with Gasteiger partial charge in [-0.1, -0.05) is 0 Å². The average Bonchev–Trinajstić information content (AvgIpc) is 2.99. The predicted octanol–water partition coefficient (Wildman–Crippen LogP) is -0.335. The van der Waals surface area contributed by atoms with Crippen LogP contribution in [0.3, 0.4) is 0 Å². The summed E-state index contributed by atoms with van der Waals surface area (Å²) in [5.74, 6) is 0.246. The van der Waals surface area contributed by atoms with Gasteiger partial charge >= 0.3 is 0 Å². The first-order chi connectivity index (χ1) is 7.22. The molecule has 0 spiro atoms. The largest absolute Gasteiger partial charge is 0.371 e. The molecular weight excluding hydrogens is 196 g/mol. The molecule has 1 aliphatic rings. The summed E-state index contributed by atoms with van der Waals surface area (Å²) in [5.41, 5.74) is 0. The van der Waals surface area contributed by atoms with E-state index in [4.69, 9.17) is 4.74 Å². The summed E-state index contributed by atoms with van der Waals surface area (Å²) in [7, 11) is 0. The Bertz CT molecular complexity index is 227. The molecule has 0 aliphatic heterocycles. The Kier molecular flexibility index (Phi) is 5.10. The molecule has 5 heteroatoms. The number of carbonyl (C=O) groups is 2. The molecule has 0 aromatic heterocycles. The molecule has 5 nitrogen and oxygen atoms in total. The van der Waals surface area contributed by atoms with Crippen LogP contribution in [0.1, 0.15) is 19.8 Å². The van der Waals surface area contributed by atoms with Crippen LogP contribution in [0.2, 0.25) is 0 Å². The van der Waals surface area contributed by atoms with Crippen LogP contribution in [0, 0.1) is 5.92 Å². The number of hydrogen-bond donors (Lipinski definition) is 2. The standard InChI is InChI=1S/C10H18N2O3/c1-2-11-9(13)5-12-10(14)7-15-6-8-3-4-8/h8H,2-7H2,1H3,(H,11,13)(H,12,14). The molecule has 0 aromatic carbocycles. The summed E-state index contributed by atoms with van der Waals surface area (Å²) < 4.78 is 5.17. The van der Waals surface area contributed by atoms with Crippen LogP contribution in [0.25, 0.3) is 0 Å². The molecule has 1 fully saturated rings. The topological polar surface area (TPSA) is 67.4 Å². The van der Waals surface area contributed by atoms with Gasteiger partial charge in [-0.25, -0.2) is 0 Å². The Morgan fingerprint density at radius 1 is 1.27 bits per heavy atom. The second-order valence-electron chi connectivity index (χ2n) is 3.69. The lowest BCUT2D eigenvalue weighted by Crippen LogP contribution is -2.38. The second-order valence-corrected chi connectivity index (χ2v) is 3.69. The molecule has 0 radical (unpaired) electrons. The zero-order valence-electron chi connectivity index (χ0n) is 9.04. The van der Waals surface area contributed by atoms with Crippen molar-refractivity contribution in [2.24, 2.45) is 5.92 Å². The Morgan fingerprint density at radius 3 is 2.60 bits per heavy atom. The van der Waals surface area contributed by atoms with Gasteiger partial charge in [-0.3, -0.25) is 9.59 Å². The van der Waals surface area contributed by atoms with E-state index in [1.807, 2.05) is 6.92 Å². The van der Waals surface area contributed by atoms with E-state index in [0.717, 1.165) is 0 Å². The van der Waals surface area contributed by atoms with Crippen molar-refractivity contribution in [1.29, 1.82) is 0 Å². The van der Waals surface area contributed by atoms with Gasteiger partial charge in [-0.2, -0.15) is 0 Å². The first kappa shape index (κ1) is 12.0. The molecule has 0 bridgehead atoms. The highest BCUT2D eigenvalue weighted by atomic mass is 16.5. The zero-order chi connectivity index (χ0) is 11.1. The Labute approximate surface area is 89.6 Å². The second kappa shape index (κ2) is 6.40. The first-order valence-corrected chi connectivity index (χ1v) is 5.33. The summed E-state index contributed by atoms with van der Waals surface area (Å²) in [6.07, 6.45) is 2.42. The van der Waals surface area contributed by atoms with Gasteiger partial charge in [0.1, 0.15) is 6.61 Å². The maximum Gasteiger partial charge on any atom is 0.246 e. The van der Waals surface area contributed by atoms with E-state index in [9.17, 15) is 9.59 Å². The van der Waals surface area contributed by atoms with Crippen molar-refractivity contribution in [1.82, 2.24) is 10.6 Å². The van der Waals surface area contributed by atoms with Crippen molar-refractivity contribution in [3.63, 3.8) is 0 Å². The van der Waals surface area contributed by atoms with Crippen LogP contribution < -0.4 is 10.6 Å². The summed E-state index contributed by atoms with van der Waals surface area (Å²) >= 11 is 0. The summed E-state index contributed by atoms with van der Waals surface area (Å²) in [4.78, 5) is 22.1. The first-order valence-electron chi connectivity index (χ1n) is 5.33. The van der Waals surface area contributed by atoms with Crippen molar-refractivity contribution >= 4 is 11.8 Å². The lowest BCUT2D eigenvalue weighted by molar-refractivity contribution is -0.129.